The van der Waals surface area contributed by atoms with Crippen LogP contribution in [0.3, 0.4) is 0 Å². The number of hydrogen-bond acceptors (Lipinski definition) is 6. The van der Waals surface area contributed by atoms with Gasteiger partial charge in [-0.2, -0.15) is 26.3 Å². The number of rotatable bonds is 10. The van der Waals surface area contributed by atoms with E-state index >= 15 is 0 Å². The van der Waals surface area contributed by atoms with Crippen molar-refractivity contribution in [2.45, 2.75) is 62.9 Å². The number of benzene rings is 1. The van der Waals surface area contributed by atoms with E-state index in [2.05, 4.69) is 54.9 Å². The molecule has 2 aromatic rings. The Labute approximate surface area is 218 Å². The average Bonchev–Trinajstić information content (AvgIpc) is 2.81. The van der Waals surface area contributed by atoms with E-state index in [4.69, 9.17) is 0 Å². The number of likely N-dealkylation sites (N-methyl/N-ethyl adjacent to an activating group) is 1. The predicted octanol–water partition coefficient (Wildman–Crippen LogP) is 4.39. The molecule has 0 saturated carbocycles. The lowest BCUT2D eigenvalue weighted by Gasteiger charge is -2.28. The number of aliphatic hydroxyl groups is 1. The van der Waals surface area contributed by atoms with Crippen LogP contribution in [-0.4, -0.2) is 50.9 Å². The zero-order valence-corrected chi connectivity index (χ0v) is 22.3. The van der Waals surface area contributed by atoms with Gasteiger partial charge in [0.1, 0.15) is 6.54 Å². The third kappa shape index (κ3) is 10.1. The van der Waals surface area contributed by atoms with E-state index in [0.717, 1.165) is 22.8 Å². The summed E-state index contributed by atoms with van der Waals surface area (Å²) in [6.45, 7) is 6.19. The molecule has 2 atom stereocenters. The molecule has 216 valence electrons. The second kappa shape index (κ2) is 13.7. The van der Waals surface area contributed by atoms with Crippen molar-refractivity contribution in [2.24, 2.45) is 0 Å². The fourth-order valence-electron chi connectivity index (χ4n) is 2.96. The summed E-state index contributed by atoms with van der Waals surface area (Å²) >= 11 is 0. The predicted molar refractivity (Wildman–Crippen MR) is 127 cm³/mol. The minimum absolute atomic E-state index is 0.0571. The molecule has 8 nitrogen and oxygen atoms in total. The fourth-order valence-corrected chi connectivity index (χ4v) is 4.67. The number of aromatic nitrogens is 1. The second-order valence-electron chi connectivity index (χ2n) is 8.23. The molecule has 0 amide bonds. The van der Waals surface area contributed by atoms with Gasteiger partial charge in [0.2, 0.25) is 0 Å². The topological polar surface area (TPSA) is 110 Å². The third-order valence-electron chi connectivity index (χ3n) is 5.20. The van der Waals surface area contributed by atoms with Gasteiger partial charge < -0.3 is 9.23 Å². The molecule has 0 spiro atoms. The largest absolute Gasteiger partial charge is 0.480 e. The van der Waals surface area contributed by atoms with E-state index < -0.39 is 37.2 Å². The normalized spacial score (nSPS) is 14.5. The Morgan fingerprint density at radius 3 is 1.95 bits per heavy atom. The molecular weight excluding hydrogens is 564 g/mol. The van der Waals surface area contributed by atoms with Gasteiger partial charge >= 0.3 is 11.0 Å². The molecule has 1 N–H and O–H groups in total. The van der Waals surface area contributed by atoms with Crippen LogP contribution < -0.4 is 4.57 Å². The molecule has 1 heterocycles. The molecule has 0 unspecified atom stereocenters. The minimum atomic E-state index is -6.72. The first kappa shape index (κ1) is 33.8. The van der Waals surface area contributed by atoms with Crippen molar-refractivity contribution in [1.82, 2.24) is 4.90 Å². The Hall–Kier alpha value is -2.27. The highest BCUT2D eigenvalue weighted by atomic mass is 32.3. The van der Waals surface area contributed by atoms with Crippen LogP contribution in [0.25, 0.3) is 4.13 Å². The maximum atomic E-state index is 11.4. The number of pyridine rings is 1. The smallest absolute Gasteiger partial charge is 0.421 e. The van der Waals surface area contributed by atoms with Gasteiger partial charge in [0.15, 0.2) is 32.4 Å². The van der Waals surface area contributed by atoms with Crippen molar-refractivity contribution in [3.05, 3.63) is 70.1 Å². The van der Waals surface area contributed by atoms with Crippen molar-refractivity contribution >= 4 is 20.0 Å². The minimum Gasteiger partial charge on any atom is -0.421 e. The molecule has 2 rings (SSSR count). The molecule has 0 radical (unpaired) electrons. The van der Waals surface area contributed by atoms with E-state index in [-0.39, 0.29) is 6.04 Å². The van der Waals surface area contributed by atoms with E-state index in [1.807, 2.05) is 30.3 Å². The SMILES string of the molecule is CCCC[n+]1cccc(CN(C)[C@@H](C)[C@H](O)c2ccccc2)c1.O=S(=O)([N-]S(=O)(=O)C(F)(F)F)C(F)(F)F. The van der Waals surface area contributed by atoms with Gasteiger partial charge in [-0.3, -0.25) is 4.90 Å². The number of alkyl halides is 6. The van der Waals surface area contributed by atoms with Crippen molar-refractivity contribution < 1.29 is 52.9 Å². The van der Waals surface area contributed by atoms with Crippen LogP contribution in [0.1, 0.15) is 43.9 Å². The van der Waals surface area contributed by atoms with Crippen molar-refractivity contribution in [3.8, 4) is 0 Å². The van der Waals surface area contributed by atoms with Crippen LogP contribution >= 0.6 is 0 Å². The lowest BCUT2D eigenvalue weighted by atomic mass is 10.0. The van der Waals surface area contributed by atoms with E-state index in [1.165, 1.54) is 18.4 Å². The lowest BCUT2D eigenvalue weighted by molar-refractivity contribution is -0.697. The van der Waals surface area contributed by atoms with Gasteiger partial charge in [0.05, 0.1) is 6.10 Å². The number of halogens is 6. The molecule has 0 aliphatic heterocycles. The number of sulfonamides is 2. The molecular formula is C22H29F6N3O5S2. The molecule has 1 aromatic carbocycles. The molecule has 0 aliphatic carbocycles. The van der Waals surface area contributed by atoms with Crippen LogP contribution in [0.4, 0.5) is 26.3 Å². The van der Waals surface area contributed by atoms with Crippen LogP contribution in [0.5, 0.6) is 0 Å². The first-order valence-corrected chi connectivity index (χ1v) is 14.0. The van der Waals surface area contributed by atoms with Gasteiger partial charge in [-0.15, -0.1) is 0 Å². The van der Waals surface area contributed by atoms with Crippen molar-refractivity contribution in [2.75, 3.05) is 7.05 Å². The Morgan fingerprint density at radius 2 is 1.47 bits per heavy atom. The third-order valence-corrected chi connectivity index (χ3v) is 7.94. The number of aliphatic hydroxyl groups excluding tert-OH is 1. The van der Waals surface area contributed by atoms with Gasteiger partial charge in [0.25, 0.3) is 0 Å². The Balaban J connectivity index is 0.000000420. The maximum Gasteiger partial charge on any atom is 0.480 e. The number of unbranched alkanes of at least 4 members (excludes halogenated alkanes) is 1. The lowest BCUT2D eigenvalue weighted by Crippen LogP contribution is -2.36. The molecule has 0 bridgehead atoms. The summed E-state index contributed by atoms with van der Waals surface area (Å²) in [6.07, 6.45) is 6.27. The molecule has 16 heteroatoms. The summed E-state index contributed by atoms with van der Waals surface area (Å²) in [5.41, 5.74) is -10.2. The molecule has 0 aliphatic rings. The summed E-state index contributed by atoms with van der Waals surface area (Å²) in [5, 5.41) is 10.6. The molecule has 1 aromatic heterocycles. The zero-order valence-electron chi connectivity index (χ0n) is 20.7. The average molecular weight is 594 g/mol. The summed E-state index contributed by atoms with van der Waals surface area (Å²) in [5.74, 6) is 0. The van der Waals surface area contributed by atoms with E-state index in [9.17, 15) is 48.3 Å². The zero-order chi connectivity index (χ0) is 29.4. The van der Waals surface area contributed by atoms with Crippen LogP contribution in [-0.2, 0) is 33.1 Å². The van der Waals surface area contributed by atoms with Crippen molar-refractivity contribution in [1.29, 1.82) is 0 Å². The number of nitrogens with zero attached hydrogens (tertiary/aromatic N) is 3. The fraction of sp³-hybridized carbons (Fsp3) is 0.500. The summed E-state index contributed by atoms with van der Waals surface area (Å²) < 4.78 is 111. The molecule has 0 fully saturated rings. The Bertz CT molecular complexity index is 1180. The number of aryl methyl sites for hydroxylation is 1. The van der Waals surface area contributed by atoms with Crippen molar-refractivity contribution in [3.63, 3.8) is 0 Å². The standard InChI is InChI=1S/C20H29N2O.C2F6NO4S2/c1-4-5-13-22-14-9-10-18(16-22)15-21(3)17(2)20(23)19-11-7-6-8-12-19;3-1(4,5)14(10,11)9-15(12,13)2(6,7)8/h6-12,14,16-17,20,23H,4-5,13,15H2,1-3H3;/q+1;-1/t17-,20-;/m0./s1. The highest BCUT2D eigenvalue weighted by Gasteiger charge is 2.46. The Kier molecular flexibility index (Phi) is 12.2. The van der Waals surface area contributed by atoms with E-state index in [0.29, 0.717) is 0 Å². The number of hydrogen-bond donors (Lipinski definition) is 1. The molecule has 38 heavy (non-hydrogen) atoms. The Morgan fingerprint density at radius 1 is 0.947 bits per heavy atom. The van der Waals surface area contributed by atoms with Crippen LogP contribution in [0.15, 0.2) is 54.9 Å². The van der Waals surface area contributed by atoms with Gasteiger partial charge in [-0.05, 0) is 25.6 Å². The quantitative estimate of drug-likeness (QED) is 0.323. The second-order valence-corrected chi connectivity index (χ2v) is 11.7. The summed E-state index contributed by atoms with van der Waals surface area (Å²) in [4.78, 5) is 2.21. The maximum absolute atomic E-state index is 11.4. The monoisotopic (exact) mass is 593 g/mol. The van der Waals surface area contributed by atoms with E-state index in [1.54, 1.807) is 0 Å². The first-order valence-electron chi connectivity index (χ1n) is 11.1. The first-order chi connectivity index (χ1) is 17.3. The summed E-state index contributed by atoms with van der Waals surface area (Å²) in [6, 6.07) is 14.2. The highest BCUT2D eigenvalue weighted by Crippen LogP contribution is 2.36. The van der Waals surface area contributed by atoms with Gasteiger partial charge in [0, 0.05) is 30.6 Å². The van der Waals surface area contributed by atoms with Crippen LogP contribution in [0.2, 0.25) is 0 Å². The highest BCUT2D eigenvalue weighted by molar-refractivity contribution is 8.13. The molecule has 0 saturated heterocycles. The van der Waals surface area contributed by atoms with Gasteiger partial charge in [-0.1, -0.05) is 43.7 Å². The van der Waals surface area contributed by atoms with Crippen LogP contribution in [0, 0.1) is 0 Å². The summed E-state index contributed by atoms with van der Waals surface area (Å²) in [7, 11) is -11.4. The van der Waals surface area contributed by atoms with Gasteiger partial charge in [-0.25, -0.2) is 21.4 Å².